The molecule has 0 bridgehead atoms. The third-order valence-corrected chi connectivity index (χ3v) is 6.29. The molecule has 0 aliphatic heterocycles. The van der Waals surface area contributed by atoms with Crippen molar-refractivity contribution in [1.82, 2.24) is 15.0 Å². The van der Waals surface area contributed by atoms with Crippen LogP contribution in [0.1, 0.15) is 22.6 Å². The summed E-state index contributed by atoms with van der Waals surface area (Å²) in [5.41, 5.74) is 9.17. The van der Waals surface area contributed by atoms with Gasteiger partial charge in [0.15, 0.2) is 17.2 Å². The Morgan fingerprint density at radius 2 is 1.85 bits per heavy atom. The van der Waals surface area contributed by atoms with E-state index < -0.39 is 0 Å². The van der Waals surface area contributed by atoms with Gasteiger partial charge >= 0.3 is 0 Å². The first kappa shape index (κ1) is 22.8. The van der Waals surface area contributed by atoms with Gasteiger partial charge in [-0.2, -0.15) is 0 Å². The van der Waals surface area contributed by atoms with Crippen LogP contribution in [-0.4, -0.2) is 40.4 Å². The molecule has 3 N–H and O–H groups in total. The molecule has 4 rings (SSSR count). The van der Waals surface area contributed by atoms with Gasteiger partial charge in [-0.15, -0.1) is 11.3 Å². The molecule has 0 spiro atoms. The van der Waals surface area contributed by atoms with Crippen LogP contribution in [0.2, 0.25) is 0 Å². The van der Waals surface area contributed by atoms with Gasteiger partial charge in [0, 0.05) is 35.6 Å². The minimum atomic E-state index is 0.0572. The molecule has 1 aromatic carbocycles. The summed E-state index contributed by atoms with van der Waals surface area (Å²) >= 11 is 1.55. The molecule has 0 saturated heterocycles. The molecular weight excluding hydrogens is 440 g/mol. The topological polar surface area (TPSA) is 113 Å². The number of aromatic nitrogens is 3. The lowest BCUT2D eigenvalue weighted by Crippen LogP contribution is -2.02. The number of nitrogen functional groups attached to an aromatic ring is 1. The summed E-state index contributed by atoms with van der Waals surface area (Å²) in [5, 5.41) is 10.5. The van der Waals surface area contributed by atoms with Crippen LogP contribution in [0.3, 0.4) is 0 Å². The number of aliphatic hydroxyl groups is 1. The van der Waals surface area contributed by atoms with E-state index in [9.17, 15) is 0 Å². The first-order valence-corrected chi connectivity index (χ1v) is 11.3. The smallest absolute Gasteiger partial charge is 0.163 e. The summed E-state index contributed by atoms with van der Waals surface area (Å²) in [6, 6.07) is 7.31. The third-order valence-electron chi connectivity index (χ3n) is 5.22. The second-order valence-electron chi connectivity index (χ2n) is 7.55. The summed E-state index contributed by atoms with van der Waals surface area (Å²) in [6.45, 7) is 6.32. The first-order chi connectivity index (χ1) is 15.9. The Kier molecular flexibility index (Phi) is 6.62. The van der Waals surface area contributed by atoms with E-state index >= 15 is 0 Å². The number of ether oxygens (including phenoxy) is 3. The van der Waals surface area contributed by atoms with Crippen molar-refractivity contribution >= 4 is 28.1 Å². The summed E-state index contributed by atoms with van der Waals surface area (Å²) < 4.78 is 17.7. The lowest BCUT2D eigenvalue weighted by atomic mass is 10.1. The third kappa shape index (κ3) is 4.69. The molecule has 0 atom stereocenters. The Bertz CT molecular complexity index is 1290. The molecule has 172 valence electrons. The van der Waals surface area contributed by atoms with Crippen LogP contribution < -0.4 is 19.9 Å². The quantitative estimate of drug-likeness (QED) is 0.355. The summed E-state index contributed by atoms with van der Waals surface area (Å²) in [6.07, 6.45) is 2.20. The molecule has 9 heteroatoms. The number of methoxy groups -OCH3 is 1. The highest BCUT2D eigenvalue weighted by atomic mass is 32.1. The Labute approximate surface area is 196 Å². The molecule has 3 aromatic heterocycles. The highest BCUT2D eigenvalue weighted by Gasteiger charge is 2.18. The Hall–Kier alpha value is -3.43. The van der Waals surface area contributed by atoms with Crippen molar-refractivity contribution in [3.8, 4) is 33.7 Å². The number of hydrogen-bond acceptors (Lipinski definition) is 9. The molecule has 0 saturated carbocycles. The number of aryl methyl sites for hydroxylation is 3. The molecular formula is C24H26N4O4S. The van der Waals surface area contributed by atoms with E-state index in [1.165, 1.54) is 0 Å². The van der Waals surface area contributed by atoms with Crippen molar-refractivity contribution in [2.75, 3.05) is 26.1 Å². The average Bonchev–Trinajstić information content (AvgIpc) is 3.14. The van der Waals surface area contributed by atoms with Gasteiger partial charge in [-0.1, -0.05) is 0 Å². The molecule has 4 aromatic rings. The lowest BCUT2D eigenvalue weighted by molar-refractivity contribution is 0.228. The zero-order chi connectivity index (χ0) is 23.5. The molecule has 3 heterocycles. The highest BCUT2D eigenvalue weighted by molar-refractivity contribution is 7.15. The Balaban J connectivity index is 1.78. The van der Waals surface area contributed by atoms with Crippen LogP contribution in [0, 0.1) is 20.8 Å². The molecule has 0 radical (unpaired) electrons. The summed E-state index contributed by atoms with van der Waals surface area (Å²) in [4.78, 5) is 14.8. The van der Waals surface area contributed by atoms with E-state index in [0.717, 1.165) is 26.5 Å². The lowest BCUT2D eigenvalue weighted by Gasteiger charge is -2.15. The first-order valence-electron chi connectivity index (χ1n) is 10.5. The van der Waals surface area contributed by atoms with Crippen molar-refractivity contribution < 1.29 is 19.3 Å². The molecule has 0 amide bonds. The van der Waals surface area contributed by atoms with Crippen LogP contribution in [0.15, 0.2) is 30.5 Å². The molecule has 33 heavy (non-hydrogen) atoms. The van der Waals surface area contributed by atoms with E-state index in [4.69, 9.17) is 25.1 Å². The van der Waals surface area contributed by atoms with Gasteiger partial charge in [-0.3, -0.25) is 4.98 Å². The monoisotopic (exact) mass is 466 g/mol. The van der Waals surface area contributed by atoms with Gasteiger partial charge in [0.2, 0.25) is 0 Å². The average molecular weight is 467 g/mol. The molecule has 0 aliphatic rings. The van der Waals surface area contributed by atoms with E-state index in [1.807, 2.05) is 32.9 Å². The van der Waals surface area contributed by atoms with Crippen LogP contribution in [-0.2, 0) is 0 Å². The number of fused-ring (bicyclic) bond motifs is 1. The van der Waals surface area contributed by atoms with E-state index in [0.29, 0.717) is 53.1 Å². The maximum Gasteiger partial charge on any atom is 0.163 e. The number of thiazole rings is 1. The van der Waals surface area contributed by atoms with Crippen molar-refractivity contribution in [3.05, 3.63) is 46.6 Å². The van der Waals surface area contributed by atoms with Gasteiger partial charge in [0.1, 0.15) is 22.3 Å². The molecule has 0 fully saturated rings. The number of rotatable bonds is 8. The number of anilines is 1. The SMILES string of the molecule is COc1cc2c(Oc3cc(C)c(N)nc3-c3nc(C)c(C)s3)ccnc2cc1OCCCO. The van der Waals surface area contributed by atoms with Crippen LogP contribution in [0.5, 0.6) is 23.0 Å². The number of hydrogen-bond donors (Lipinski definition) is 2. The van der Waals surface area contributed by atoms with Crippen LogP contribution >= 0.6 is 11.3 Å². The number of pyridine rings is 2. The van der Waals surface area contributed by atoms with Crippen LogP contribution in [0.25, 0.3) is 21.6 Å². The minimum absolute atomic E-state index is 0.0572. The van der Waals surface area contributed by atoms with Crippen molar-refractivity contribution in [3.63, 3.8) is 0 Å². The van der Waals surface area contributed by atoms with Crippen molar-refractivity contribution in [1.29, 1.82) is 0 Å². The van der Waals surface area contributed by atoms with Crippen LogP contribution in [0.4, 0.5) is 5.82 Å². The maximum atomic E-state index is 9.02. The molecule has 0 unspecified atom stereocenters. The summed E-state index contributed by atoms with van der Waals surface area (Å²) in [5.74, 6) is 2.70. The van der Waals surface area contributed by atoms with E-state index in [-0.39, 0.29) is 6.61 Å². The van der Waals surface area contributed by atoms with Gasteiger partial charge in [-0.05, 0) is 44.5 Å². The normalized spacial score (nSPS) is 11.1. The second-order valence-corrected chi connectivity index (χ2v) is 8.76. The fourth-order valence-electron chi connectivity index (χ4n) is 3.26. The Morgan fingerprint density at radius 1 is 1.03 bits per heavy atom. The number of nitrogens with two attached hydrogens (primary N) is 1. The highest BCUT2D eigenvalue weighted by Crippen LogP contribution is 2.41. The largest absolute Gasteiger partial charge is 0.493 e. The predicted octanol–water partition coefficient (Wildman–Crippen LogP) is 4.82. The second kappa shape index (κ2) is 9.60. The van der Waals surface area contributed by atoms with Gasteiger partial charge < -0.3 is 25.1 Å². The standard InChI is InChI=1S/C24H26N4O4S/c1-13-10-21(22(28-23(13)25)24-27-14(2)15(3)33-24)32-18-6-7-26-17-12-20(31-9-5-8-29)19(30-4)11-16(17)18/h6-7,10-12,29H,5,8-9H2,1-4H3,(H2,25,28). The zero-order valence-electron chi connectivity index (χ0n) is 19.0. The Morgan fingerprint density at radius 3 is 2.55 bits per heavy atom. The molecule has 0 aliphatic carbocycles. The number of benzene rings is 1. The van der Waals surface area contributed by atoms with Gasteiger partial charge in [-0.25, -0.2) is 9.97 Å². The number of nitrogens with zero attached hydrogens (tertiary/aromatic N) is 3. The summed E-state index contributed by atoms with van der Waals surface area (Å²) in [7, 11) is 1.58. The fraction of sp³-hybridized carbons (Fsp3) is 0.292. The number of aliphatic hydroxyl groups excluding tert-OH is 1. The van der Waals surface area contributed by atoms with E-state index in [1.54, 1.807) is 36.8 Å². The van der Waals surface area contributed by atoms with Gasteiger partial charge in [0.25, 0.3) is 0 Å². The van der Waals surface area contributed by atoms with Crippen molar-refractivity contribution in [2.24, 2.45) is 0 Å². The van der Waals surface area contributed by atoms with Gasteiger partial charge in [0.05, 0.1) is 24.9 Å². The maximum absolute atomic E-state index is 9.02. The fourth-order valence-corrected chi connectivity index (χ4v) is 4.17. The van der Waals surface area contributed by atoms with E-state index in [2.05, 4.69) is 15.0 Å². The predicted molar refractivity (Wildman–Crippen MR) is 130 cm³/mol. The minimum Gasteiger partial charge on any atom is -0.493 e. The molecule has 8 nitrogen and oxygen atoms in total. The zero-order valence-corrected chi connectivity index (χ0v) is 19.8. The van der Waals surface area contributed by atoms with Crippen molar-refractivity contribution in [2.45, 2.75) is 27.2 Å².